The van der Waals surface area contributed by atoms with Gasteiger partial charge in [-0.3, -0.25) is 0 Å². The molecule has 2 N–H and O–H groups in total. The first-order valence-electron chi connectivity index (χ1n) is 4.05. The maximum Gasteiger partial charge on any atom is 2.00 e. The van der Waals surface area contributed by atoms with Crippen molar-refractivity contribution >= 4 is 54.1 Å². The van der Waals surface area contributed by atoms with Crippen molar-refractivity contribution in [1.82, 2.24) is 0 Å². The molecule has 0 rings (SSSR count). The first-order valence-corrected chi connectivity index (χ1v) is 11.1. The second-order valence-electron chi connectivity index (χ2n) is 2.99. The van der Waals surface area contributed by atoms with Gasteiger partial charge in [-0.2, -0.15) is 0 Å². The van der Waals surface area contributed by atoms with Crippen molar-refractivity contribution in [2.75, 3.05) is 0 Å². The molecule has 0 spiro atoms. The molecule has 0 aliphatic heterocycles. The molecular formula is C2H4Cl2Hg3O14P4. The Morgan fingerprint density at radius 1 is 0.640 bits per heavy atom. The van der Waals surface area contributed by atoms with E-state index < -0.39 is 41.6 Å². The number of rotatable bonds is 6. The van der Waals surface area contributed by atoms with E-state index in [0.717, 1.165) is 0 Å². The molecule has 0 radical (unpaired) electrons. The van der Waals surface area contributed by atoms with Crippen LogP contribution in [-0.4, -0.2) is 21.4 Å². The monoisotopic (exact) mass is 1050 g/mol. The van der Waals surface area contributed by atoms with E-state index in [4.69, 9.17) is 10.2 Å². The largest absolute Gasteiger partial charge is 2.00 e. The summed E-state index contributed by atoms with van der Waals surface area (Å²) in [7, 11) is -21.7. The Morgan fingerprint density at radius 3 is 0.840 bits per heavy atom. The van der Waals surface area contributed by atoms with E-state index in [9.17, 15) is 47.6 Å². The molecule has 4 unspecified atom stereocenters. The van der Waals surface area contributed by atoms with Gasteiger partial charge in [0.2, 0.25) is 0 Å². The maximum atomic E-state index is 10.2. The predicted molar refractivity (Wildman–Crippen MR) is 56.3 cm³/mol. The Hall–Kier alpha value is 3.91. The summed E-state index contributed by atoms with van der Waals surface area (Å²) in [5.74, 6) is 0. The van der Waals surface area contributed by atoms with E-state index in [1.54, 1.807) is 0 Å². The third kappa shape index (κ3) is 16.3. The van der Waals surface area contributed by atoms with E-state index in [1.807, 2.05) is 0 Å². The fourth-order valence-electron chi connectivity index (χ4n) is 0.418. The summed E-state index contributed by atoms with van der Waals surface area (Å²) >= 11 is 8.52. The zero-order valence-electron chi connectivity index (χ0n) is 11.6. The van der Waals surface area contributed by atoms with Crippen LogP contribution in [0.3, 0.4) is 0 Å². The summed E-state index contributed by atoms with van der Waals surface area (Å²) in [5.41, 5.74) is -6.26. The summed E-state index contributed by atoms with van der Waals surface area (Å²) in [5, 5.41) is 16.5. The Balaban J connectivity index is -0.0000000952. The van der Waals surface area contributed by atoms with Crippen molar-refractivity contribution in [3.8, 4) is 0 Å². The summed E-state index contributed by atoms with van der Waals surface area (Å²) < 4.78 is 46.2. The van der Waals surface area contributed by atoms with E-state index in [1.165, 1.54) is 0 Å². The van der Waals surface area contributed by atoms with Crippen LogP contribution in [0.15, 0.2) is 0 Å². The number of hydrogen-bond acceptors (Lipinski definition) is 14. The van der Waals surface area contributed by atoms with Crippen molar-refractivity contribution in [1.29, 1.82) is 0 Å². The number of aliphatic hydroxyl groups excluding tert-OH is 2. The van der Waals surface area contributed by atoms with Crippen LogP contribution in [0.2, 0.25) is 0 Å². The quantitative estimate of drug-likeness (QED) is 0.189. The average molecular weight is 1050 g/mol. The summed E-state index contributed by atoms with van der Waals surface area (Å²) in [6.07, 6.45) is 0. The first-order chi connectivity index (χ1) is 9.43. The second kappa shape index (κ2) is 15.7. The maximum absolute atomic E-state index is 10.2. The molecule has 0 bridgehead atoms. The molecule has 0 aromatic carbocycles. The smallest absolute Gasteiger partial charge is 0.809 e. The van der Waals surface area contributed by atoms with Gasteiger partial charge in [0, 0.05) is 0 Å². The van der Waals surface area contributed by atoms with Crippen LogP contribution in [0.5, 0.6) is 0 Å². The molecule has 0 aliphatic rings. The van der Waals surface area contributed by atoms with Crippen molar-refractivity contribution in [3.63, 3.8) is 0 Å². The number of aliphatic hydroxyl groups is 2. The number of halogens is 2. The summed E-state index contributed by atoms with van der Waals surface area (Å²) in [6.45, 7) is 0. The van der Waals surface area contributed by atoms with Gasteiger partial charge in [-0.25, -0.2) is 8.15 Å². The fourth-order valence-corrected chi connectivity index (χ4v) is 4.40. The Kier molecular flexibility index (Phi) is 24.7. The molecule has 0 saturated carbocycles. The molecule has 0 fully saturated rings. The van der Waals surface area contributed by atoms with Gasteiger partial charge in [-0.15, -0.1) is 0 Å². The zero-order chi connectivity index (χ0) is 18.6. The minimum absolute atomic E-state index is 0. The van der Waals surface area contributed by atoms with Crippen molar-refractivity contribution < 1.29 is 149 Å². The third-order valence-electron chi connectivity index (χ3n) is 1.32. The minimum Gasteiger partial charge on any atom is -0.809 e. The van der Waals surface area contributed by atoms with Gasteiger partial charge in [0.05, 0.1) is 23.7 Å². The van der Waals surface area contributed by atoms with E-state index in [-0.39, 0.29) is 83.0 Å². The molecule has 0 aromatic rings. The summed E-state index contributed by atoms with van der Waals surface area (Å²) in [4.78, 5) is 59.8. The van der Waals surface area contributed by atoms with Crippen molar-refractivity contribution in [2.24, 2.45) is 0 Å². The molecule has 0 heterocycles. The van der Waals surface area contributed by atoms with E-state index in [2.05, 4.69) is 31.9 Å². The normalized spacial score (nSPS) is 18.3. The van der Waals surface area contributed by atoms with Crippen LogP contribution in [0, 0.1) is 0 Å². The van der Waals surface area contributed by atoms with Crippen molar-refractivity contribution in [3.05, 3.63) is 0 Å². The van der Waals surface area contributed by atoms with Gasteiger partial charge >= 0.3 is 83.0 Å². The van der Waals surface area contributed by atoms with Gasteiger partial charge < -0.3 is 57.8 Å². The van der Waals surface area contributed by atoms with Crippen LogP contribution in [-0.2, 0) is 109 Å². The average Bonchev–Trinajstić information content (AvgIpc) is 2.35. The van der Waals surface area contributed by atoms with Crippen LogP contribution < -0.4 is 29.4 Å². The zero-order valence-corrected chi connectivity index (χ0v) is 33.2. The van der Waals surface area contributed by atoms with Gasteiger partial charge in [-0.1, -0.05) is 0 Å². The van der Waals surface area contributed by atoms with Gasteiger partial charge in [0.15, 0.2) is 15.2 Å². The van der Waals surface area contributed by atoms with Crippen LogP contribution in [0.4, 0.5) is 0 Å². The van der Waals surface area contributed by atoms with Gasteiger partial charge in [0.1, 0.15) is 11.2 Å². The Bertz CT molecular complexity index is 498. The molecule has 4 atom stereocenters. The molecule has 23 heteroatoms. The molecule has 0 aromatic heterocycles. The second-order valence-corrected chi connectivity index (χ2v) is 11.2. The molecular weight excluding hydrogens is 1040 g/mol. The van der Waals surface area contributed by atoms with Gasteiger partial charge in [0.25, 0.3) is 0 Å². The van der Waals surface area contributed by atoms with E-state index >= 15 is 0 Å². The Labute approximate surface area is 211 Å². The topological polar surface area (TPSA) is 266 Å². The standard InChI is InChI=1S/2CH5ClO7P2.3Hg/c2*2-9-11(7,8)1(3)10(4,5)6;;;/h2*1,3H,(H,7,8)(H2,4,5,6);;;/q;;3*+2/p-6. The first kappa shape index (κ1) is 39.4. The fraction of sp³-hybridized carbons (Fsp3) is 1.00. The molecule has 14 nitrogen and oxygen atoms in total. The van der Waals surface area contributed by atoms with E-state index in [0.29, 0.717) is 0 Å². The molecule has 0 saturated heterocycles. The molecule has 136 valence electrons. The van der Waals surface area contributed by atoms with Gasteiger partial charge in [-0.05, 0) is 15.2 Å². The van der Waals surface area contributed by atoms with Crippen LogP contribution in [0.1, 0.15) is 0 Å². The van der Waals surface area contributed by atoms with Crippen LogP contribution >= 0.6 is 54.1 Å². The SMILES string of the molecule is O=P([O-])([O-])C(O)P(=O)([O-])OCl.O=P([O-])([O-])C(O)P(=O)([O-])OCl.[Hg+2].[Hg+2].[Hg+2]. The Morgan fingerprint density at radius 2 is 0.800 bits per heavy atom. The third-order valence-corrected chi connectivity index (χ3v) is 8.52. The molecule has 0 amide bonds. The molecule has 25 heavy (non-hydrogen) atoms. The summed E-state index contributed by atoms with van der Waals surface area (Å²) in [6, 6.07) is 0. The number of hydrogen-bond donors (Lipinski definition) is 2. The predicted octanol–water partition coefficient (Wildman–Crippen LogP) is -4.21. The minimum atomic E-state index is -5.62. The van der Waals surface area contributed by atoms with Crippen molar-refractivity contribution in [2.45, 2.75) is 11.2 Å². The van der Waals surface area contributed by atoms with Crippen LogP contribution in [0.25, 0.3) is 0 Å². The molecule has 0 aliphatic carbocycles.